The van der Waals surface area contributed by atoms with Crippen molar-refractivity contribution in [3.63, 3.8) is 0 Å². The van der Waals surface area contributed by atoms with Gasteiger partial charge in [-0.1, -0.05) is 12.1 Å². The van der Waals surface area contributed by atoms with Gasteiger partial charge in [0, 0.05) is 41.7 Å². The van der Waals surface area contributed by atoms with Crippen LogP contribution in [0.3, 0.4) is 0 Å². The van der Waals surface area contributed by atoms with E-state index in [2.05, 4.69) is 9.71 Å². The van der Waals surface area contributed by atoms with Crippen LogP contribution in [0.25, 0.3) is 0 Å². The van der Waals surface area contributed by atoms with E-state index in [4.69, 9.17) is 4.74 Å². The highest BCUT2D eigenvalue weighted by Gasteiger charge is 2.46. The Kier molecular flexibility index (Phi) is 6.88. The van der Waals surface area contributed by atoms with Crippen molar-refractivity contribution in [2.24, 2.45) is 5.92 Å². The normalized spacial score (nSPS) is 22.8. The van der Waals surface area contributed by atoms with Crippen LogP contribution in [0, 0.1) is 17.6 Å². The zero-order chi connectivity index (χ0) is 26.4. The zero-order valence-electron chi connectivity index (χ0n) is 19.2. The maximum atomic E-state index is 15.2. The standard InChI is InChI=1S/C24H22F5N3O3S2/c25-16-3-1-14(2-4-16)20-11-15(24(27,28)29)5-8-32(20)19-6-9-35-21-13-22(18(26)12-17(19)21)37(33,34)31-23-30-7-10-36-23/h1-4,7,10,12-13,15,19-20H,5-6,8-9,11H2,(H,30,31)/t15?,19-,20-/m1/s1. The zero-order valence-corrected chi connectivity index (χ0v) is 20.8. The highest BCUT2D eigenvalue weighted by molar-refractivity contribution is 7.93. The van der Waals surface area contributed by atoms with E-state index in [1.165, 1.54) is 30.5 Å². The van der Waals surface area contributed by atoms with Crippen molar-refractivity contribution in [1.82, 2.24) is 9.88 Å². The van der Waals surface area contributed by atoms with Crippen LogP contribution in [-0.4, -0.2) is 37.6 Å². The van der Waals surface area contributed by atoms with Gasteiger partial charge in [-0.05, 0) is 43.1 Å². The number of halogens is 5. The highest BCUT2D eigenvalue weighted by atomic mass is 32.2. The molecule has 0 aliphatic carbocycles. The number of piperidine rings is 1. The number of hydrogen-bond acceptors (Lipinski definition) is 6. The smallest absolute Gasteiger partial charge is 0.391 e. The molecule has 2 aliphatic rings. The van der Waals surface area contributed by atoms with Gasteiger partial charge in [-0.2, -0.15) is 13.2 Å². The Balaban J connectivity index is 1.50. The first-order valence-electron chi connectivity index (χ1n) is 11.5. The van der Waals surface area contributed by atoms with Crippen LogP contribution in [0.2, 0.25) is 0 Å². The number of hydrogen-bond donors (Lipinski definition) is 1. The number of likely N-dealkylation sites (tertiary alicyclic amines) is 1. The van der Waals surface area contributed by atoms with E-state index in [0.717, 1.165) is 23.5 Å². The minimum atomic E-state index is -4.38. The number of nitrogens with zero attached hydrogens (tertiary/aromatic N) is 2. The SMILES string of the molecule is O=S(=O)(Nc1nccs1)c1cc2c(cc1F)[C@H](N1CCC(C(F)(F)F)C[C@@H]1c1ccc(F)cc1)CCO2. The van der Waals surface area contributed by atoms with Gasteiger partial charge in [0.15, 0.2) is 5.13 Å². The molecule has 0 spiro atoms. The van der Waals surface area contributed by atoms with Crippen LogP contribution in [0.15, 0.2) is 52.9 Å². The van der Waals surface area contributed by atoms with Crippen LogP contribution < -0.4 is 9.46 Å². The third-order valence-electron chi connectivity index (χ3n) is 6.78. The Morgan fingerprint density at radius 1 is 1.08 bits per heavy atom. The number of fused-ring (bicyclic) bond motifs is 1. The van der Waals surface area contributed by atoms with Gasteiger partial charge in [-0.15, -0.1) is 11.3 Å². The average molecular weight is 560 g/mol. The largest absolute Gasteiger partial charge is 0.493 e. The molecular formula is C24H22F5N3O3S2. The average Bonchev–Trinajstić information content (AvgIpc) is 3.35. The summed E-state index contributed by atoms with van der Waals surface area (Å²) < 4.78 is 103. The summed E-state index contributed by atoms with van der Waals surface area (Å²) in [5.41, 5.74) is 0.880. The van der Waals surface area contributed by atoms with Gasteiger partial charge >= 0.3 is 6.18 Å². The molecule has 1 N–H and O–H groups in total. The summed E-state index contributed by atoms with van der Waals surface area (Å²) >= 11 is 1.03. The fourth-order valence-electron chi connectivity index (χ4n) is 5.03. The highest BCUT2D eigenvalue weighted by Crippen LogP contribution is 2.48. The lowest BCUT2D eigenvalue weighted by atomic mass is 9.84. The van der Waals surface area contributed by atoms with Gasteiger partial charge in [0.25, 0.3) is 10.0 Å². The van der Waals surface area contributed by atoms with Crippen LogP contribution in [-0.2, 0) is 10.0 Å². The maximum absolute atomic E-state index is 15.2. The molecule has 1 saturated heterocycles. The van der Waals surface area contributed by atoms with Crippen LogP contribution in [0.1, 0.15) is 42.5 Å². The van der Waals surface area contributed by atoms with Crippen molar-refractivity contribution >= 4 is 26.5 Å². The first-order valence-corrected chi connectivity index (χ1v) is 13.9. The fourth-order valence-corrected chi connectivity index (χ4v) is 6.90. The number of thiazole rings is 1. The Bertz CT molecular complexity index is 1370. The number of aromatic nitrogens is 1. The molecule has 1 fully saturated rings. The summed E-state index contributed by atoms with van der Waals surface area (Å²) in [4.78, 5) is 5.09. The molecule has 0 radical (unpaired) electrons. The minimum absolute atomic E-state index is 0.0730. The topological polar surface area (TPSA) is 71.5 Å². The lowest BCUT2D eigenvalue weighted by molar-refractivity contribution is -0.192. The second-order valence-corrected chi connectivity index (χ2v) is 11.5. The first kappa shape index (κ1) is 25.9. The molecule has 2 aliphatic heterocycles. The van der Waals surface area contributed by atoms with Crippen molar-refractivity contribution < 1.29 is 35.1 Å². The molecule has 3 heterocycles. The lowest BCUT2D eigenvalue weighted by Crippen LogP contribution is -2.44. The van der Waals surface area contributed by atoms with E-state index in [-0.39, 0.29) is 36.9 Å². The summed E-state index contributed by atoms with van der Waals surface area (Å²) in [5.74, 6) is -2.90. The van der Waals surface area contributed by atoms with Crippen molar-refractivity contribution in [2.45, 2.75) is 42.4 Å². The quantitative estimate of drug-likeness (QED) is 0.385. The molecule has 1 unspecified atom stereocenters. The van der Waals surface area contributed by atoms with Gasteiger partial charge in [-0.3, -0.25) is 9.62 Å². The lowest BCUT2D eigenvalue weighted by Gasteiger charge is -2.46. The molecule has 198 valence electrons. The van der Waals surface area contributed by atoms with Gasteiger partial charge in [-0.25, -0.2) is 22.2 Å². The first-order chi connectivity index (χ1) is 17.5. The Morgan fingerprint density at radius 2 is 1.84 bits per heavy atom. The van der Waals surface area contributed by atoms with E-state index in [0.29, 0.717) is 17.5 Å². The molecule has 3 atom stereocenters. The Hall–Kier alpha value is -2.77. The van der Waals surface area contributed by atoms with Gasteiger partial charge < -0.3 is 4.74 Å². The van der Waals surface area contributed by atoms with Gasteiger partial charge in [0.1, 0.15) is 22.3 Å². The predicted molar refractivity (Wildman–Crippen MR) is 127 cm³/mol. The molecule has 5 rings (SSSR count). The molecule has 0 bridgehead atoms. The van der Waals surface area contributed by atoms with Crippen LogP contribution in [0.5, 0.6) is 5.75 Å². The second-order valence-electron chi connectivity index (χ2n) is 8.98. The number of alkyl halides is 3. The Labute approximate surface area is 214 Å². The molecule has 13 heteroatoms. The number of anilines is 1. The Morgan fingerprint density at radius 3 is 2.51 bits per heavy atom. The maximum Gasteiger partial charge on any atom is 0.391 e. The molecule has 3 aromatic rings. The second kappa shape index (κ2) is 9.84. The number of nitrogens with one attached hydrogen (secondary N) is 1. The minimum Gasteiger partial charge on any atom is -0.493 e. The summed E-state index contributed by atoms with van der Waals surface area (Å²) in [7, 11) is -4.30. The molecular weight excluding hydrogens is 537 g/mol. The van der Waals surface area contributed by atoms with Crippen molar-refractivity contribution in [1.29, 1.82) is 0 Å². The molecule has 2 aromatic carbocycles. The summed E-state index contributed by atoms with van der Waals surface area (Å²) in [6.07, 6.45) is -2.98. The van der Waals surface area contributed by atoms with Gasteiger partial charge in [0.05, 0.1) is 12.5 Å². The molecule has 37 heavy (non-hydrogen) atoms. The van der Waals surface area contributed by atoms with Crippen LogP contribution >= 0.6 is 11.3 Å². The van der Waals surface area contributed by atoms with E-state index in [1.807, 2.05) is 4.90 Å². The number of sulfonamides is 1. The summed E-state index contributed by atoms with van der Waals surface area (Å²) in [6.45, 7) is 0.238. The number of benzene rings is 2. The molecule has 0 amide bonds. The van der Waals surface area contributed by atoms with E-state index >= 15 is 4.39 Å². The van der Waals surface area contributed by atoms with Crippen molar-refractivity contribution in [3.8, 4) is 5.75 Å². The third-order valence-corrected chi connectivity index (χ3v) is 8.95. The van der Waals surface area contributed by atoms with E-state index in [1.54, 1.807) is 5.38 Å². The van der Waals surface area contributed by atoms with Gasteiger partial charge in [0.2, 0.25) is 0 Å². The molecule has 6 nitrogen and oxygen atoms in total. The van der Waals surface area contributed by atoms with Crippen LogP contribution in [0.4, 0.5) is 27.1 Å². The fraction of sp³-hybridized carbons (Fsp3) is 0.375. The molecule has 0 saturated carbocycles. The summed E-state index contributed by atoms with van der Waals surface area (Å²) in [5, 5.41) is 1.64. The van der Waals surface area contributed by atoms with E-state index < -0.39 is 50.7 Å². The van der Waals surface area contributed by atoms with Crippen molar-refractivity contribution in [2.75, 3.05) is 17.9 Å². The third kappa shape index (κ3) is 5.30. The molecule has 1 aromatic heterocycles. The monoisotopic (exact) mass is 559 g/mol. The predicted octanol–water partition coefficient (Wildman–Crippen LogP) is 6.06. The van der Waals surface area contributed by atoms with E-state index in [9.17, 15) is 26.0 Å². The summed E-state index contributed by atoms with van der Waals surface area (Å²) in [6, 6.07) is 6.29. The number of ether oxygens (including phenoxy) is 1. The van der Waals surface area contributed by atoms with Crippen molar-refractivity contribution in [3.05, 3.63) is 70.7 Å². The number of rotatable bonds is 5.